The molecule has 0 aliphatic carbocycles. The van der Waals surface area contributed by atoms with Crippen LogP contribution in [0, 0.1) is 6.92 Å². The minimum Gasteiger partial charge on any atom is -0.317 e. The van der Waals surface area contributed by atoms with Crippen LogP contribution in [-0.4, -0.2) is 24.5 Å². The standard InChI is InChI=1S/C11H18N6/c1-4-17-8-13-14-11(17)6-12-5-10-7-16(3)15-9(10)2/h7-8,12H,4-6H2,1-3H3. The molecule has 0 saturated carbocycles. The van der Waals surface area contributed by atoms with E-state index in [0.717, 1.165) is 31.2 Å². The molecule has 17 heavy (non-hydrogen) atoms. The predicted octanol–water partition coefficient (Wildman–Crippen LogP) is 0.630. The second-order valence-corrected chi connectivity index (χ2v) is 4.05. The van der Waals surface area contributed by atoms with Gasteiger partial charge in [-0.05, 0) is 13.8 Å². The lowest BCUT2D eigenvalue weighted by molar-refractivity contribution is 0.611. The molecule has 6 heteroatoms. The molecule has 2 rings (SSSR count). The fourth-order valence-corrected chi connectivity index (χ4v) is 1.81. The molecule has 6 nitrogen and oxygen atoms in total. The number of hydrogen-bond donors (Lipinski definition) is 1. The molecule has 0 radical (unpaired) electrons. The SMILES string of the molecule is CCn1cnnc1CNCc1cn(C)nc1C. The Hall–Kier alpha value is -1.69. The fourth-order valence-electron chi connectivity index (χ4n) is 1.81. The minimum absolute atomic E-state index is 0.724. The zero-order chi connectivity index (χ0) is 12.3. The summed E-state index contributed by atoms with van der Waals surface area (Å²) in [6, 6.07) is 0. The number of aryl methyl sites for hydroxylation is 3. The largest absolute Gasteiger partial charge is 0.317 e. The lowest BCUT2D eigenvalue weighted by Gasteiger charge is -2.04. The third-order valence-corrected chi connectivity index (χ3v) is 2.75. The smallest absolute Gasteiger partial charge is 0.146 e. The van der Waals surface area contributed by atoms with Crippen molar-refractivity contribution in [3.8, 4) is 0 Å². The Morgan fingerprint density at radius 2 is 2.18 bits per heavy atom. The van der Waals surface area contributed by atoms with Crippen molar-refractivity contribution in [2.75, 3.05) is 0 Å². The van der Waals surface area contributed by atoms with Gasteiger partial charge in [0.25, 0.3) is 0 Å². The van der Waals surface area contributed by atoms with Gasteiger partial charge in [-0.15, -0.1) is 10.2 Å². The summed E-state index contributed by atoms with van der Waals surface area (Å²) in [5, 5.41) is 15.6. The van der Waals surface area contributed by atoms with Gasteiger partial charge in [0.2, 0.25) is 0 Å². The molecule has 92 valence electrons. The Kier molecular flexibility index (Phi) is 3.53. The summed E-state index contributed by atoms with van der Waals surface area (Å²) in [4.78, 5) is 0. The van der Waals surface area contributed by atoms with Crippen molar-refractivity contribution in [2.24, 2.45) is 7.05 Å². The maximum absolute atomic E-state index is 4.30. The van der Waals surface area contributed by atoms with Crippen LogP contribution in [0.15, 0.2) is 12.5 Å². The molecule has 0 fully saturated rings. The van der Waals surface area contributed by atoms with Crippen LogP contribution in [0.3, 0.4) is 0 Å². The van der Waals surface area contributed by atoms with Crippen LogP contribution in [0.5, 0.6) is 0 Å². The molecule has 0 amide bonds. The highest BCUT2D eigenvalue weighted by atomic mass is 15.3. The van der Waals surface area contributed by atoms with Gasteiger partial charge >= 0.3 is 0 Å². The van der Waals surface area contributed by atoms with Crippen molar-refractivity contribution in [3.63, 3.8) is 0 Å². The van der Waals surface area contributed by atoms with Crippen LogP contribution in [0.4, 0.5) is 0 Å². The maximum Gasteiger partial charge on any atom is 0.146 e. The highest BCUT2D eigenvalue weighted by Crippen LogP contribution is 2.04. The van der Waals surface area contributed by atoms with Gasteiger partial charge in [0, 0.05) is 31.9 Å². The van der Waals surface area contributed by atoms with Crippen molar-refractivity contribution in [1.82, 2.24) is 29.9 Å². The Labute approximate surface area is 101 Å². The van der Waals surface area contributed by atoms with E-state index in [-0.39, 0.29) is 0 Å². The lowest BCUT2D eigenvalue weighted by atomic mass is 10.2. The van der Waals surface area contributed by atoms with Crippen LogP contribution in [-0.2, 0) is 26.7 Å². The fraction of sp³-hybridized carbons (Fsp3) is 0.545. The van der Waals surface area contributed by atoms with Gasteiger partial charge in [0.05, 0.1) is 12.2 Å². The van der Waals surface area contributed by atoms with Gasteiger partial charge in [0.15, 0.2) is 0 Å². The second-order valence-electron chi connectivity index (χ2n) is 4.05. The van der Waals surface area contributed by atoms with E-state index in [0.29, 0.717) is 0 Å². The molecule has 0 aliphatic rings. The summed E-state index contributed by atoms with van der Waals surface area (Å²) >= 11 is 0. The number of nitrogens with one attached hydrogen (secondary N) is 1. The highest BCUT2D eigenvalue weighted by Gasteiger charge is 2.04. The first-order chi connectivity index (χ1) is 8.20. The van der Waals surface area contributed by atoms with E-state index in [1.165, 1.54) is 5.56 Å². The molecule has 0 unspecified atom stereocenters. The highest BCUT2D eigenvalue weighted by molar-refractivity contribution is 5.14. The molecule has 0 saturated heterocycles. The molecule has 2 aromatic rings. The summed E-state index contributed by atoms with van der Waals surface area (Å²) in [6.45, 7) is 6.53. The lowest BCUT2D eigenvalue weighted by Crippen LogP contribution is -2.16. The van der Waals surface area contributed by atoms with Gasteiger partial charge in [-0.25, -0.2) is 0 Å². The van der Waals surface area contributed by atoms with E-state index in [1.54, 1.807) is 6.33 Å². The van der Waals surface area contributed by atoms with E-state index < -0.39 is 0 Å². The summed E-state index contributed by atoms with van der Waals surface area (Å²) < 4.78 is 3.87. The van der Waals surface area contributed by atoms with E-state index in [2.05, 4.69) is 27.5 Å². The monoisotopic (exact) mass is 234 g/mol. The van der Waals surface area contributed by atoms with Crippen molar-refractivity contribution in [2.45, 2.75) is 33.5 Å². The summed E-state index contributed by atoms with van der Waals surface area (Å²) in [5.41, 5.74) is 2.28. The first kappa shape index (κ1) is 11.8. The Morgan fingerprint density at radius 3 is 2.82 bits per heavy atom. The predicted molar refractivity (Wildman–Crippen MR) is 64.2 cm³/mol. The number of nitrogens with zero attached hydrogens (tertiary/aromatic N) is 5. The molecular weight excluding hydrogens is 216 g/mol. The van der Waals surface area contributed by atoms with Gasteiger partial charge in [-0.1, -0.05) is 0 Å². The van der Waals surface area contributed by atoms with E-state index in [1.807, 2.05) is 29.4 Å². The Bertz CT molecular complexity index is 484. The van der Waals surface area contributed by atoms with Crippen molar-refractivity contribution in [1.29, 1.82) is 0 Å². The van der Waals surface area contributed by atoms with E-state index in [4.69, 9.17) is 0 Å². The Morgan fingerprint density at radius 1 is 1.35 bits per heavy atom. The third-order valence-electron chi connectivity index (χ3n) is 2.75. The zero-order valence-electron chi connectivity index (χ0n) is 10.5. The first-order valence-corrected chi connectivity index (χ1v) is 5.77. The molecule has 0 aliphatic heterocycles. The first-order valence-electron chi connectivity index (χ1n) is 5.77. The molecule has 2 aromatic heterocycles. The Balaban J connectivity index is 1.89. The number of hydrogen-bond acceptors (Lipinski definition) is 4. The summed E-state index contributed by atoms with van der Waals surface area (Å²) in [7, 11) is 1.93. The van der Waals surface area contributed by atoms with Gasteiger partial charge < -0.3 is 9.88 Å². The third kappa shape index (κ3) is 2.71. The van der Waals surface area contributed by atoms with Crippen LogP contribution in [0.2, 0.25) is 0 Å². The van der Waals surface area contributed by atoms with Gasteiger partial charge in [-0.2, -0.15) is 5.10 Å². The molecule has 0 aromatic carbocycles. The van der Waals surface area contributed by atoms with Crippen molar-refractivity contribution < 1.29 is 0 Å². The van der Waals surface area contributed by atoms with Crippen LogP contribution >= 0.6 is 0 Å². The van der Waals surface area contributed by atoms with Gasteiger partial charge in [0.1, 0.15) is 12.2 Å². The van der Waals surface area contributed by atoms with Crippen molar-refractivity contribution >= 4 is 0 Å². The quantitative estimate of drug-likeness (QED) is 0.824. The zero-order valence-corrected chi connectivity index (χ0v) is 10.5. The van der Waals surface area contributed by atoms with Crippen LogP contribution < -0.4 is 5.32 Å². The van der Waals surface area contributed by atoms with Crippen LogP contribution in [0.1, 0.15) is 24.0 Å². The number of rotatable bonds is 5. The second kappa shape index (κ2) is 5.09. The molecular formula is C11H18N6. The average molecular weight is 234 g/mol. The normalized spacial score (nSPS) is 11.0. The molecule has 0 bridgehead atoms. The van der Waals surface area contributed by atoms with E-state index >= 15 is 0 Å². The molecule has 1 N–H and O–H groups in total. The number of aromatic nitrogens is 5. The average Bonchev–Trinajstić information content (AvgIpc) is 2.86. The minimum atomic E-state index is 0.724. The molecule has 0 atom stereocenters. The van der Waals surface area contributed by atoms with Gasteiger partial charge in [-0.3, -0.25) is 4.68 Å². The molecule has 2 heterocycles. The summed E-state index contributed by atoms with van der Waals surface area (Å²) in [6.07, 6.45) is 3.79. The molecule has 0 spiro atoms. The van der Waals surface area contributed by atoms with Crippen molar-refractivity contribution in [3.05, 3.63) is 29.6 Å². The topological polar surface area (TPSA) is 60.6 Å². The summed E-state index contributed by atoms with van der Waals surface area (Å²) in [5.74, 6) is 0.967. The van der Waals surface area contributed by atoms with E-state index in [9.17, 15) is 0 Å². The van der Waals surface area contributed by atoms with Crippen LogP contribution in [0.25, 0.3) is 0 Å². The maximum atomic E-state index is 4.30.